The van der Waals surface area contributed by atoms with Crippen LogP contribution in [0.1, 0.15) is 9.67 Å². The molecule has 126 valence electrons. The summed E-state index contributed by atoms with van der Waals surface area (Å²) in [6, 6.07) is 12.9. The first-order valence-electron chi connectivity index (χ1n) is 7.50. The molecule has 8 heteroatoms. The topological polar surface area (TPSA) is 73.3 Å². The number of benzene rings is 2. The lowest BCUT2D eigenvalue weighted by Gasteiger charge is -2.18. The van der Waals surface area contributed by atoms with E-state index in [1.165, 1.54) is 0 Å². The first kappa shape index (κ1) is 16.0. The molecule has 6 nitrogen and oxygen atoms in total. The van der Waals surface area contributed by atoms with Crippen molar-refractivity contribution in [1.29, 1.82) is 0 Å². The maximum Gasteiger partial charge on any atom is 0.269 e. The lowest BCUT2D eigenvalue weighted by atomic mass is 10.1. The van der Waals surface area contributed by atoms with Crippen LogP contribution >= 0.6 is 27.5 Å². The standard InChI is InChI=1S/C17H12BrN3O3S/c18-11-3-1-10(2-4-11)15-16(25-21-20-15)17(22)19-12-5-6-13-14(9-12)24-8-7-23-13/h1-6,9H,7-8H2,(H,19,22). The Morgan fingerprint density at radius 2 is 1.84 bits per heavy atom. The van der Waals surface area contributed by atoms with Crippen molar-refractivity contribution >= 4 is 39.1 Å². The van der Waals surface area contributed by atoms with Gasteiger partial charge in [-0.25, -0.2) is 0 Å². The Morgan fingerprint density at radius 1 is 1.08 bits per heavy atom. The lowest BCUT2D eigenvalue weighted by molar-refractivity contribution is 0.103. The van der Waals surface area contributed by atoms with Gasteiger partial charge in [-0.1, -0.05) is 32.6 Å². The molecule has 0 aliphatic carbocycles. The van der Waals surface area contributed by atoms with Crippen LogP contribution < -0.4 is 14.8 Å². The fourth-order valence-corrected chi connectivity index (χ4v) is 3.29. The van der Waals surface area contributed by atoms with Gasteiger partial charge in [0.15, 0.2) is 11.5 Å². The Morgan fingerprint density at radius 3 is 2.64 bits per heavy atom. The highest BCUT2D eigenvalue weighted by Crippen LogP contribution is 2.33. The van der Waals surface area contributed by atoms with Crippen LogP contribution in [0.5, 0.6) is 11.5 Å². The number of halogens is 1. The third-order valence-corrected chi connectivity index (χ3v) is 4.87. The van der Waals surface area contributed by atoms with E-state index in [0.717, 1.165) is 21.6 Å². The van der Waals surface area contributed by atoms with Crippen molar-refractivity contribution in [2.75, 3.05) is 18.5 Å². The predicted molar refractivity (Wildman–Crippen MR) is 98.4 cm³/mol. The van der Waals surface area contributed by atoms with Crippen LogP contribution in [0.4, 0.5) is 5.69 Å². The van der Waals surface area contributed by atoms with Crippen LogP contribution in [0.15, 0.2) is 46.9 Å². The number of nitrogens with one attached hydrogen (secondary N) is 1. The minimum atomic E-state index is -0.260. The molecule has 0 radical (unpaired) electrons. The van der Waals surface area contributed by atoms with Crippen molar-refractivity contribution in [2.45, 2.75) is 0 Å². The molecule has 1 aromatic heterocycles. The summed E-state index contributed by atoms with van der Waals surface area (Å²) in [5, 5.41) is 6.96. The van der Waals surface area contributed by atoms with Crippen LogP contribution in [0.25, 0.3) is 11.3 Å². The molecule has 0 spiro atoms. The smallest absolute Gasteiger partial charge is 0.269 e. The van der Waals surface area contributed by atoms with E-state index in [4.69, 9.17) is 9.47 Å². The quantitative estimate of drug-likeness (QED) is 0.697. The average Bonchev–Trinajstić information content (AvgIpc) is 3.12. The molecule has 1 aliphatic rings. The van der Waals surface area contributed by atoms with Crippen LogP contribution in [0.3, 0.4) is 0 Å². The molecule has 4 rings (SSSR count). The van der Waals surface area contributed by atoms with Gasteiger partial charge in [0.2, 0.25) is 0 Å². The summed E-state index contributed by atoms with van der Waals surface area (Å²) in [5.74, 6) is 1.04. The van der Waals surface area contributed by atoms with Crippen molar-refractivity contribution in [1.82, 2.24) is 9.59 Å². The van der Waals surface area contributed by atoms with Crippen molar-refractivity contribution in [3.63, 3.8) is 0 Å². The third-order valence-electron chi connectivity index (χ3n) is 3.61. The van der Waals surface area contributed by atoms with Gasteiger partial charge in [0.05, 0.1) is 0 Å². The second kappa shape index (κ2) is 6.81. The fourth-order valence-electron chi connectivity index (χ4n) is 2.45. The van der Waals surface area contributed by atoms with Crippen molar-refractivity contribution in [3.05, 3.63) is 51.8 Å². The number of carbonyl (C=O) groups excluding carboxylic acids is 1. The molecule has 2 aromatic carbocycles. The SMILES string of the molecule is O=C(Nc1ccc2c(c1)OCCO2)c1snnc1-c1ccc(Br)cc1. The monoisotopic (exact) mass is 417 g/mol. The molecule has 2 heterocycles. The lowest BCUT2D eigenvalue weighted by Crippen LogP contribution is -2.16. The zero-order valence-electron chi connectivity index (χ0n) is 12.9. The summed E-state index contributed by atoms with van der Waals surface area (Å²) in [7, 11) is 0. The van der Waals surface area contributed by atoms with Gasteiger partial charge in [-0.15, -0.1) is 5.10 Å². The highest BCUT2D eigenvalue weighted by atomic mass is 79.9. The first-order valence-corrected chi connectivity index (χ1v) is 9.06. The van der Waals surface area contributed by atoms with E-state index in [-0.39, 0.29) is 5.91 Å². The number of hydrogen-bond donors (Lipinski definition) is 1. The van der Waals surface area contributed by atoms with Gasteiger partial charge in [-0.2, -0.15) is 0 Å². The van der Waals surface area contributed by atoms with Crippen LogP contribution in [-0.2, 0) is 0 Å². The highest BCUT2D eigenvalue weighted by Gasteiger charge is 2.19. The Labute approximate surface area is 156 Å². The number of nitrogens with zero attached hydrogens (tertiary/aromatic N) is 2. The summed E-state index contributed by atoms with van der Waals surface area (Å²) >= 11 is 4.46. The van der Waals surface area contributed by atoms with E-state index in [1.54, 1.807) is 18.2 Å². The number of fused-ring (bicyclic) bond motifs is 1. The Balaban J connectivity index is 1.58. The van der Waals surface area contributed by atoms with E-state index in [1.807, 2.05) is 24.3 Å². The van der Waals surface area contributed by atoms with Gasteiger partial charge >= 0.3 is 0 Å². The number of hydrogen-bond acceptors (Lipinski definition) is 6. The molecule has 25 heavy (non-hydrogen) atoms. The van der Waals surface area contributed by atoms with Gasteiger partial charge in [0.25, 0.3) is 5.91 Å². The van der Waals surface area contributed by atoms with E-state index >= 15 is 0 Å². The van der Waals surface area contributed by atoms with Gasteiger partial charge < -0.3 is 14.8 Å². The number of carbonyl (C=O) groups is 1. The largest absolute Gasteiger partial charge is 0.486 e. The Hall–Kier alpha value is -2.45. The minimum absolute atomic E-state index is 0.260. The molecule has 0 unspecified atom stereocenters. The maximum atomic E-state index is 12.6. The van der Waals surface area contributed by atoms with Gasteiger partial charge in [-0.3, -0.25) is 4.79 Å². The second-order valence-corrected chi connectivity index (χ2v) is 6.94. The Kier molecular flexibility index (Phi) is 4.37. The maximum absolute atomic E-state index is 12.6. The summed E-state index contributed by atoms with van der Waals surface area (Å²) < 4.78 is 15.9. The molecule has 1 N–H and O–H groups in total. The van der Waals surface area contributed by atoms with E-state index in [9.17, 15) is 4.79 Å². The summed E-state index contributed by atoms with van der Waals surface area (Å²) in [6.45, 7) is 1.03. The van der Waals surface area contributed by atoms with Crippen molar-refractivity contribution in [2.24, 2.45) is 0 Å². The number of aromatic nitrogens is 2. The van der Waals surface area contributed by atoms with E-state index < -0.39 is 0 Å². The number of amides is 1. The van der Waals surface area contributed by atoms with E-state index in [2.05, 4.69) is 30.8 Å². The summed E-state index contributed by atoms with van der Waals surface area (Å²) in [6.07, 6.45) is 0. The predicted octanol–water partition coefficient (Wildman–Crippen LogP) is 3.99. The summed E-state index contributed by atoms with van der Waals surface area (Å²) in [4.78, 5) is 13.1. The molecular formula is C17H12BrN3O3S. The van der Waals surface area contributed by atoms with Gasteiger partial charge in [-0.05, 0) is 35.8 Å². The molecule has 1 amide bonds. The number of anilines is 1. The molecule has 0 saturated heterocycles. The van der Waals surface area contributed by atoms with Crippen LogP contribution in [-0.4, -0.2) is 28.7 Å². The van der Waals surface area contributed by atoms with E-state index in [0.29, 0.717) is 41.0 Å². The molecule has 0 atom stereocenters. The van der Waals surface area contributed by atoms with Crippen molar-refractivity contribution in [3.8, 4) is 22.8 Å². The first-order chi connectivity index (χ1) is 12.2. The second-order valence-electron chi connectivity index (χ2n) is 5.27. The fraction of sp³-hybridized carbons (Fsp3) is 0.118. The average molecular weight is 418 g/mol. The normalized spacial score (nSPS) is 12.7. The molecule has 3 aromatic rings. The zero-order chi connectivity index (χ0) is 17.2. The third kappa shape index (κ3) is 3.35. The number of rotatable bonds is 3. The van der Waals surface area contributed by atoms with Crippen LogP contribution in [0, 0.1) is 0 Å². The Bertz CT molecular complexity index is 927. The van der Waals surface area contributed by atoms with Gasteiger partial charge in [0, 0.05) is 21.8 Å². The minimum Gasteiger partial charge on any atom is -0.486 e. The molecule has 0 bridgehead atoms. The van der Waals surface area contributed by atoms with Crippen LogP contribution in [0.2, 0.25) is 0 Å². The molecular weight excluding hydrogens is 406 g/mol. The molecule has 0 saturated carbocycles. The summed E-state index contributed by atoms with van der Waals surface area (Å²) in [5.41, 5.74) is 2.03. The van der Waals surface area contributed by atoms with Crippen molar-refractivity contribution < 1.29 is 14.3 Å². The van der Waals surface area contributed by atoms with Gasteiger partial charge in [0.1, 0.15) is 23.8 Å². The molecule has 0 fully saturated rings. The zero-order valence-corrected chi connectivity index (χ0v) is 15.3. The number of ether oxygens (including phenoxy) is 2. The highest BCUT2D eigenvalue weighted by molar-refractivity contribution is 9.10. The molecule has 1 aliphatic heterocycles.